The molecule has 0 aliphatic rings. The van der Waals surface area contributed by atoms with Gasteiger partial charge in [-0.25, -0.2) is 13.8 Å². The highest BCUT2D eigenvalue weighted by molar-refractivity contribution is 6.08. The van der Waals surface area contributed by atoms with Gasteiger partial charge in [0.15, 0.2) is 5.76 Å². The van der Waals surface area contributed by atoms with Crippen LogP contribution in [0.15, 0.2) is 83.4 Å². The first kappa shape index (κ1) is 17.6. The van der Waals surface area contributed by atoms with Crippen molar-refractivity contribution in [3.05, 3.63) is 96.2 Å². The van der Waals surface area contributed by atoms with E-state index in [1.165, 1.54) is 36.5 Å². The number of anilines is 1. The SMILES string of the molecule is O=C(Nc1ccc(F)cc1)c1ccccc1-c1ncc(-c2ccccc2F)o1. The van der Waals surface area contributed by atoms with Gasteiger partial charge < -0.3 is 9.73 Å². The quantitative estimate of drug-likeness (QED) is 0.509. The molecule has 1 heterocycles. The van der Waals surface area contributed by atoms with Crippen molar-refractivity contribution in [2.75, 3.05) is 5.32 Å². The third kappa shape index (κ3) is 3.53. The van der Waals surface area contributed by atoms with Crippen LogP contribution in [0.3, 0.4) is 0 Å². The molecule has 28 heavy (non-hydrogen) atoms. The Morgan fingerprint density at radius 1 is 0.857 bits per heavy atom. The van der Waals surface area contributed by atoms with Crippen LogP contribution in [0.1, 0.15) is 10.4 Å². The maximum absolute atomic E-state index is 14.0. The normalized spacial score (nSPS) is 10.6. The number of rotatable bonds is 4. The number of benzene rings is 3. The van der Waals surface area contributed by atoms with Crippen LogP contribution in [0.4, 0.5) is 14.5 Å². The Kier molecular flexibility index (Phi) is 4.68. The number of carbonyl (C=O) groups excluding carboxylic acids is 1. The van der Waals surface area contributed by atoms with Crippen molar-refractivity contribution in [1.82, 2.24) is 4.98 Å². The van der Waals surface area contributed by atoms with Gasteiger partial charge in [-0.05, 0) is 48.5 Å². The van der Waals surface area contributed by atoms with Gasteiger partial charge >= 0.3 is 0 Å². The van der Waals surface area contributed by atoms with Crippen molar-refractivity contribution < 1.29 is 18.0 Å². The molecule has 138 valence electrons. The number of halogens is 2. The topological polar surface area (TPSA) is 55.1 Å². The molecule has 0 saturated carbocycles. The molecule has 0 fully saturated rings. The van der Waals surface area contributed by atoms with E-state index in [-0.39, 0.29) is 23.0 Å². The lowest BCUT2D eigenvalue weighted by molar-refractivity contribution is 0.102. The summed E-state index contributed by atoms with van der Waals surface area (Å²) in [6.45, 7) is 0. The predicted octanol–water partition coefficient (Wildman–Crippen LogP) is 5.54. The third-order valence-corrected chi connectivity index (χ3v) is 4.15. The minimum absolute atomic E-state index is 0.197. The fourth-order valence-corrected chi connectivity index (χ4v) is 2.78. The molecule has 0 radical (unpaired) electrons. The lowest BCUT2D eigenvalue weighted by atomic mass is 10.1. The van der Waals surface area contributed by atoms with E-state index in [1.807, 2.05) is 0 Å². The third-order valence-electron chi connectivity index (χ3n) is 4.15. The Morgan fingerprint density at radius 2 is 1.54 bits per heavy atom. The van der Waals surface area contributed by atoms with Crippen LogP contribution in [0.25, 0.3) is 22.8 Å². The molecule has 1 N–H and O–H groups in total. The average molecular weight is 376 g/mol. The first-order chi connectivity index (χ1) is 13.6. The van der Waals surface area contributed by atoms with Gasteiger partial charge in [-0.2, -0.15) is 0 Å². The number of nitrogens with zero attached hydrogens (tertiary/aromatic N) is 1. The molecule has 4 aromatic rings. The molecule has 6 heteroatoms. The van der Waals surface area contributed by atoms with Gasteiger partial charge in [0, 0.05) is 11.3 Å². The van der Waals surface area contributed by atoms with Crippen LogP contribution < -0.4 is 5.32 Å². The molecule has 0 aliphatic carbocycles. The lowest BCUT2D eigenvalue weighted by Crippen LogP contribution is -2.13. The molecule has 0 bridgehead atoms. The second kappa shape index (κ2) is 7.44. The van der Waals surface area contributed by atoms with Crippen LogP contribution in [0.2, 0.25) is 0 Å². The molecule has 1 aromatic heterocycles. The van der Waals surface area contributed by atoms with Gasteiger partial charge in [0.1, 0.15) is 11.6 Å². The summed E-state index contributed by atoms with van der Waals surface area (Å²) in [5.74, 6) is -0.746. The summed E-state index contributed by atoms with van der Waals surface area (Å²) in [4.78, 5) is 16.9. The highest BCUT2D eigenvalue weighted by atomic mass is 19.1. The number of hydrogen-bond donors (Lipinski definition) is 1. The van der Waals surface area contributed by atoms with Gasteiger partial charge in [-0.1, -0.05) is 24.3 Å². The second-order valence-corrected chi connectivity index (χ2v) is 6.02. The average Bonchev–Trinajstić information content (AvgIpc) is 3.20. The van der Waals surface area contributed by atoms with E-state index < -0.39 is 11.7 Å². The Morgan fingerprint density at radius 3 is 2.29 bits per heavy atom. The smallest absolute Gasteiger partial charge is 0.256 e. The molecule has 0 aliphatic heterocycles. The van der Waals surface area contributed by atoms with E-state index in [2.05, 4.69) is 10.3 Å². The van der Waals surface area contributed by atoms with Gasteiger partial charge in [-0.3, -0.25) is 4.79 Å². The van der Waals surface area contributed by atoms with Crippen molar-refractivity contribution in [3.8, 4) is 22.8 Å². The first-order valence-corrected chi connectivity index (χ1v) is 8.49. The minimum atomic E-state index is -0.424. The summed E-state index contributed by atoms with van der Waals surface area (Å²) in [7, 11) is 0. The van der Waals surface area contributed by atoms with E-state index in [0.29, 0.717) is 16.8 Å². The van der Waals surface area contributed by atoms with Crippen molar-refractivity contribution in [1.29, 1.82) is 0 Å². The summed E-state index contributed by atoms with van der Waals surface area (Å²) in [6.07, 6.45) is 1.42. The van der Waals surface area contributed by atoms with Crippen LogP contribution in [0.5, 0.6) is 0 Å². The molecule has 0 saturated heterocycles. The highest BCUT2D eigenvalue weighted by Crippen LogP contribution is 2.29. The van der Waals surface area contributed by atoms with Gasteiger partial charge in [0.25, 0.3) is 5.91 Å². The van der Waals surface area contributed by atoms with E-state index in [0.717, 1.165) is 0 Å². The molecule has 0 unspecified atom stereocenters. The number of carbonyl (C=O) groups is 1. The molecule has 0 atom stereocenters. The highest BCUT2D eigenvalue weighted by Gasteiger charge is 2.18. The molecule has 0 spiro atoms. The van der Waals surface area contributed by atoms with E-state index >= 15 is 0 Å². The summed E-state index contributed by atoms with van der Waals surface area (Å²) in [6, 6.07) is 18.4. The summed E-state index contributed by atoms with van der Waals surface area (Å²) < 4.78 is 32.7. The summed E-state index contributed by atoms with van der Waals surface area (Å²) in [5, 5.41) is 2.71. The van der Waals surface area contributed by atoms with Gasteiger partial charge in [0.05, 0.1) is 17.3 Å². The Hall–Kier alpha value is -3.80. The Labute approximate surface area is 159 Å². The van der Waals surface area contributed by atoms with Crippen molar-refractivity contribution in [2.24, 2.45) is 0 Å². The van der Waals surface area contributed by atoms with Gasteiger partial charge in [0.2, 0.25) is 5.89 Å². The first-order valence-electron chi connectivity index (χ1n) is 8.49. The van der Waals surface area contributed by atoms with Crippen molar-refractivity contribution >= 4 is 11.6 Å². The monoisotopic (exact) mass is 376 g/mol. The van der Waals surface area contributed by atoms with Gasteiger partial charge in [-0.15, -0.1) is 0 Å². The summed E-state index contributed by atoms with van der Waals surface area (Å²) in [5.41, 5.74) is 1.54. The molecule has 4 nitrogen and oxygen atoms in total. The zero-order valence-electron chi connectivity index (χ0n) is 14.5. The largest absolute Gasteiger partial charge is 0.436 e. The number of oxazole rings is 1. The van der Waals surface area contributed by atoms with E-state index in [1.54, 1.807) is 42.5 Å². The number of amides is 1. The number of aromatic nitrogens is 1. The van der Waals surface area contributed by atoms with E-state index in [4.69, 9.17) is 4.42 Å². The molecular weight excluding hydrogens is 362 g/mol. The molecule has 1 amide bonds. The lowest BCUT2D eigenvalue weighted by Gasteiger charge is -2.08. The number of hydrogen-bond acceptors (Lipinski definition) is 3. The fourth-order valence-electron chi connectivity index (χ4n) is 2.78. The minimum Gasteiger partial charge on any atom is -0.436 e. The number of nitrogens with one attached hydrogen (secondary N) is 1. The van der Waals surface area contributed by atoms with Crippen molar-refractivity contribution in [2.45, 2.75) is 0 Å². The zero-order valence-corrected chi connectivity index (χ0v) is 14.5. The maximum Gasteiger partial charge on any atom is 0.256 e. The standard InChI is InChI=1S/C22H14F2N2O2/c23-14-9-11-15(12-10-14)26-21(27)16-5-1-2-6-17(16)22-25-13-20(28-22)18-7-3-4-8-19(18)24/h1-13H,(H,26,27). The fraction of sp³-hybridized carbons (Fsp3) is 0. The Balaban J connectivity index is 1.66. The van der Waals surface area contributed by atoms with Crippen LogP contribution >= 0.6 is 0 Å². The van der Waals surface area contributed by atoms with Crippen LogP contribution in [0, 0.1) is 11.6 Å². The van der Waals surface area contributed by atoms with E-state index in [9.17, 15) is 13.6 Å². The Bertz CT molecular complexity index is 1140. The van der Waals surface area contributed by atoms with Crippen LogP contribution in [-0.4, -0.2) is 10.9 Å². The van der Waals surface area contributed by atoms with Crippen LogP contribution in [-0.2, 0) is 0 Å². The molecule has 3 aromatic carbocycles. The van der Waals surface area contributed by atoms with Crippen molar-refractivity contribution in [3.63, 3.8) is 0 Å². The second-order valence-electron chi connectivity index (χ2n) is 6.02. The summed E-state index contributed by atoms with van der Waals surface area (Å²) >= 11 is 0. The predicted molar refractivity (Wildman–Crippen MR) is 102 cm³/mol. The maximum atomic E-state index is 14.0. The molecular formula is C22H14F2N2O2. The zero-order chi connectivity index (χ0) is 19.5. The molecule has 4 rings (SSSR count).